The number of non-ortho nitro benzene ring substituents is 1. The predicted molar refractivity (Wildman–Crippen MR) is 137 cm³/mol. The molecule has 0 aliphatic heterocycles. The SMILES string of the molecule is COc1ccc(NC(=O)COc2ccc(/C=C(/C#N)C(=O)Nc3cccc([N+](=O)[O-])c3)cc2Br)cc1. The van der Waals surface area contributed by atoms with Gasteiger partial charge in [-0.2, -0.15) is 5.26 Å². The minimum absolute atomic E-state index is 0.188. The Morgan fingerprint density at radius 1 is 1.08 bits per heavy atom. The normalized spacial score (nSPS) is 10.6. The Kier molecular flexibility index (Phi) is 8.74. The Hall–Kier alpha value is -4.69. The second kappa shape index (κ2) is 12.1. The van der Waals surface area contributed by atoms with E-state index in [4.69, 9.17) is 9.47 Å². The number of nitro benzene ring substituents is 1. The molecule has 0 atom stereocenters. The third kappa shape index (κ3) is 7.15. The summed E-state index contributed by atoms with van der Waals surface area (Å²) in [6.45, 7) is -0.241. The fraction of sp³-hybridized carbons (Fsp3) is 0.0800. The fourth-order valence-electron chi connectivity index (χ4n) is 2.95. The van der Waals surface area contributed by atoms with Crippen molar-refractivity contribution in [2.24, 2.45) is 0 Å². The highest BCUT2D eigenvalue weighted by molar-refractivity contribution is 9.10. The lowest BCUT2D eigenvalue weighted by Crippen LogP contribution is -2.20. The van der Waals surface area contributed by atoms with Gasteiger partial charge in [-0.05, 0) is 70.0 Å². The molecule has 3 rings (SSSR count). The molecule has 36 heavy (non-hydrogen) atoms. The number of amides is 2. The number of hydrogen-bond donors (Lipinski definition) is 2. The lowest BCUT2D eigenvalue weighted by Gasteiger charge is -2.10. The number of methoxy groups -OCH3 is 1. The molecular formula is C25H19BrN4O6. The lowest BCUT2D eigenvalue weighted by molar-refractivity contribution is -0.384. The molecule has 182 valence electrons. The number of ether oxygens (including phenoxy) is 2. The van der Waals surface area contributed by atoms with Gasteiger partial charge in [-0.15, -0.1) is 0 Å². The van der Waals surface area contributed by atoms with Gasteiger partial charge in [0.15, 0.2) is 6.61 Å². The van der Waals surface area contributed by atoms with E-state index in [2.05, 4.69) is 26.6 Å². The van der Waals surface area contributed by atoms with Crippen LogP contribution in [0.5, 0.6) is 11.5 Å². The quantitative estimate of drug-likeness (QED) is 0.166. The summed E-state index contributed by atoms with van der Waals surface area (Å²) in [5.74, 6) is -0.0229. The van der Waals surface area contributed by atoms with E-state index in [0.717, 1.165) is 0 Å². The molecule has 0 aliphatic carbocycles. The first-order valence-electron chi connectivity index (χ1n) is 10.3. The molecule has 3 aromatic carbocycles. The highest BCUT2D eigenvalue weighted by atomic mass is 79.9. The third-order valence-electron chi connectivity index (χ3n) is 4.68. The summed E-state index contributed by atoms with van der Waals surface area (Å²) in [6, 6.07) is 18.9. The number of carbonyl (C=O) groups excluding carboxylic acids is 2. The molecule has 0 saturated carbocycles. The summed E-state index contributed by atoms with van der Waals surface area (Å²) in [7, 11) is 1.55. The number of nitrogens with zero attached hydrogens (tertiary/aromatic N) is 2. The van der Waals surface area contributed by atoms with Gasteiger partial charge in [0.05, 0.1) is 16.5 Å². The van der Waals surface area contributed by atoms with Crippen LogP contribution in [0.3, 0.4) is 0 Å². The zero-order chi connectivity index (χ0) is 26.1. The molecule has 0 heterocycles. The highest BCUT2D eigenvalue weighted by Crippen LogP contribution is 2.27. The summed E-state index contributed by atoms with van der Waals surface area (Å²) in [5.41, 5.74) is 0.903. The van der Waals surface area contributed by atoms with Crippen molar-refractivity contribution in [1.29, 1.82) is 5.26 Å². The van der Waals surface area contributed by atoms with Crippen molar-refractivity contribution in [3.8, 4) is 17.6 Å². The van der Waals surface area contributed by atoms with Gasteiger partial charge >= 0.3 is 0 Å². The van der Waals surface area contributed by atoms with Crippen LogP contribution in [-0.2, 0) is 9.59 Å². The van der Waals surface area contributed by atoms with Crippen LogP contribution in [0.15, 0.2) is 76.8 Å². The molecular weight excluding hydrogens is 532 g/mol. The zero-order valence-electron chi connectivity index (χ0n) is 18.9. The Morgan fingerprint density at radius 3 is 2.47 bits per heavy atom. The maximum absolute atomic E-state index is 12.5. The monoisotopic (exact) mass is 550 g/mol. The molecule has 0 saturated heterocycles. The molecule has 0 aromatic heterocycles. The van der Waals surface area contributed by atoms with E-state index >= 15 is 0 Å². The largest absolute Gasteiger partial charge is 0.497 e. The topological polar surface area (TPSA) is 144 Å². The van der Waals surface area contributed by atoms with Crippen molar-refractivity contribution in [2.45, 2.75) is 0 Å². The van der Waals surface area contributed by atoms with E-state index < -0.39 is 10.8 Å². The van der Waals surface area contributed by atoms with E-state index in [0.29, 0.717) is 27.2 Å². The molecule has 0 fully saturated rings. The number of nitriles is 1. The van der Waals surface area contributed by atoms with Crippen LogP contribution in [0.1, 0.15) is 5.56 Å². The van der Waals surface area contributed by atoms with Crippen molar-refractivity contribution in [3.63, 3.8) is 0 Å². The third-order valence-corrected chi connectivity index (χ3v) is 5.30. The smallest absolute Gasteiger partial charge is 0.271 e. The fourth-order valence-corrected chi connectivity index (χ4v) is 3.46. The average Bonchev–Trinajstić information content (AvgIpc) is 2.87. The molecule has 0 aliphatic rings. The van der Waals surface area contributed by atoms with Gasteiger partial charge in [-0.25, -0.2) is 0 Å². The molecule has 0 bridgehead atoms. The predicted octanol–water partition coefficient (Wildman–Crippen LogP) is 4.93. The first kappa shape index (κ1) is 25.9. The Morgan fingerprint density at radius 2 is 1.83 bits per heavy atom. The Balaban J connectivity index is 1.62. The van der Waals surface area contributed by atoms with Gasteiger partial charge in [0.1, 0.15) is 23.1 Å². The second-order valence-electron chi connectivity index (χ2n) is 7.19. The van der Waals surface area contributed by atoms with Crippen LogP contribution < -0.4 is 20.1 Å². The number of nitro groups is 1. The molecule has 10 nitrogen and oxygen atoms in total. The highest BCUT2D eigenvalue weighted by Gasteiger charge is 2.13. The molecule has 2 N–H and O–H groups in total. The zero-order valence-corrected chi connectivity index (χ0v) is 20.4. The number of rotatable bonds is 9. The van der Waals surface area contributed by atoms with E-state index in [-0.39, 0.29) is 29.5 Å². The lowest BCUT2D eigenvalue weighted by atomic mass is 10.1. The van der Waals surface area contributed by atoms with Crippen molar-refractivity contribution >= 4 is 50.9 Å². The van der Waals surface area contributed by atoms with Gasteiger partial charge in [-0.1, -0.05) is 12.1 Å². The molecule has 11 heteroatoms. The van der Waals surface area contributed by atoms with E-state index in [1.54, 1.807) is 49.6 Å². The number of halogens is 1. The molecule has 0 unspecified atom stereocenters. The van der Waals surface area contributed by atoms with Crippen molar-refractivity contribution in [3.05, 3.63) is 92.5 Å². The summed E-state index contributed by atoms with van der Waals surface area (Å²) in [5, 5.41) is 25.5. The minimum Gasteiger partial charge on any atom is -0.497 e. The van der Waals surface area contributed by atoms with Crippen molar-refractivity contribution in [1.82, 2.24) is 0 Å². The van der Waals surface area contributed by atoms with Crippen LogP contribution in [-0.4, -0.2) is 30.5 Å². The van der Waals surface area contributed by atoms with Gasteiger partial charge < -0.3 is 20.1 Å². The summed E-state index contributed by atoms with van der Waals surface area (Å²) < 4.78 is 11.1. The number of benzene rings is 3. The molecule has 2 amide bonds. The molecule has 3 aromatic rings. The van der Waals surface area contributed by atoms with Gasteiger partial charge in [0.25, 0.3) is 17.5 Å². The summed E-state index contributed by atoms with van der Waals surface area (Å²) in [6.07, 6.45) is 1.36. The van der Waals surface area contributed by atoms with Crippen molar-refractivity contribution in [2.75, 3.05) is 24.4 Å². The second-order valence-corrected chi connectivity index (χ2v) is 8.04. The van der Waals surface area contributed by atoms with Gasteiger partial charge in [0.2, 0.25) is 0 Å². The average molecular weight is 551 g/mol. The molecule has 0 radical (unpaired) electrons. The standard InChI is InChI=1S/C25H19BrN4O6/c1-35-21-8-6-18(7-9-21)28-24(31)15-36-23-10-5-16(12-22(23)26)11-17(14-27)25(32)29-19-3-2-4-20(13-19)30(33)34/h2-13H,15H2,1H3,(H,28,31)(H,29,32)/b17-11-. The van der Waals surface area contributed by atoms with Gasteiger partial charge in [-0.3, -0.25) is 19.7 Å². The van der Waals surface area contributed by atoms with Crippen LogP contribution in [0.2, 0.25) is 0 Å². The van der Waals surface area contributed by atoms with E-state index in [1.807, 2.05) is 6.07 Å². The van der Waals surface area contributed by atoms with Gasteiger partial charge in [0, 0.05) is 23.5 Å². The van der Waals surface area contributed by atoms with E-state index in [1.165, 1.54) is 30.3 Å². The van der Waals surface area contributed by atoms with Crippen molar-refractivity contribution < 1.29 is 24.0 Å². The minimum atomic E-state index is -0.718. The number of anilines is 2. The summed E-state index contributed by atoms with van der Waals surface area (Å²) >= 11 is 3.36. The first-order chi connectivity index (χ1) is 17.3. The molecule has 0 spiro atoms. The number of hydrogen-bond acceptors (Lipinski definition) is 7. The van der Waals surface area contributed by atoms with Crippen LogP contribution in [0, 0.1) is 21.4 Å². The maximum atomic E-state index is 12.5. The number of carbonyl (C=O) groups is 2. The maximum Gasteiger partial charge on any atom is 0.271 e. The Labute approximate surface area is 214 Å². The van der Waals surface area contributed by atoms with Crippen LogP contribution in [0.4, 0.5) is 17.1 Å². The van der Waals surface area contributed by atoms with Crippen LogP contribution >= 0.6 is 15.9 Å². The Bertz CT molecular complexity index is 1370. The van der Waals surface area contributed by atoms with Crippen LogP contribution in [0.25, 0.3) is 6.08 Å². The van der Waals surface area contributed by atoms with E-state index in [9.17, 15) is 25.0 Å². The number of nitrogens with one attached hydrogen (secondary N) is 2. The summed E-state index contributed by atoms with van der Waals surface area (Å²) in [4.78, 5) is 35.0. The first-order valence-corrected chi connectivity index (χ1v) is 11.1.